The lowest BCUT2D eigenvalue weighted by Gasteiger charge is -2.24. The summed E-state index contributed by atoms with van der Waals surface area (Å²) in [6.45, 7) is 4.38. The van der Waals surface area contributed by atoms with E-state index in [0.717, 1.165) is 22.0 Å². The maximum Gasteiger partial charge on any atom is 0.338 e. The molecule has 0 amide bonds. The number of para-hydroxylation sites is 1. The SMILES string of the molecule is CCOC(=O)C1=C(C)N=c2s/c(=C/c3cn(Cc4ccc(Cl)c(Cl)c4)c4ccccc34)c(=O)n2[C@@H]1c1ccc2c(c1)OCO2. The molecule has 44 heavy (non-hydrogen) atoms. The number of nitrogens with zero attached hydrogens (tertiary/aromatic N) is 3. The van der Waals surface area contributed by atoms with E-state index in [9.17, 15) is 9.59 Å². The minimum Gasteiger partial charge on any atom is -0.463 e. The molecule has 0 fully saturated rings. The molecule has 0 aliphatic carbocycles. The largest absolute Gasteiger partial charge is 0.463 e. The van der Waals surface area contributed by atoms with Gasteiger partial charge in [-0.05, 0) is 61.4 Å². The van der Waals surface area contributed by atoms with Crippen LogP contribution in [0.15, 0.2) is 87.9 Å². The molecule has 0 unspecified atom stereocenters. The first-order chi connectivity index (χ1) is 21.3. The highest BCUT2D eigenvalue weighted by molar-refractivity contribution is 7.07. The number of rotatable bonds is 6. The second kappa shape index (κ2) is 11.3. The maximum atomic E-state index is 14.2. The number of esters is 1. The van der Waals surface area contributed by atoms with Gasteiger partial charge < -0.3 is 18.8 Å². The number of benzene rings is 3. The lowest BCUT2D eigenvalue weighted by atomic mass is 9.95. The minimum absolute atomic E-state index is 0.111. The zero-order chi connectivity index (χ0) is 30.5. The molecule has 0 spiro atoms. The van der Waals surface area contributed by atoms with E-state index in [0.29, 0.717) is 54.3 Å². The number of ether oxygens (including phenoxy) is 3. The quantitative estimate of drug-likeness (QED) is 0.217. The third-order valence-electron chi connectivity index (χ3n) is 7.67. The number of allylic oxidation sites excluding steroid dienone is 1. The van der Waals surface area contributed by atoms with E-state index in [-0.39, 0.29) is 19.0 Å². The predicted molar refractivity (Wildman–Crippen MR) is 170 cm³/mol. The highest BCUT2D eigenvalue weighted by atomic mass is 35.5. The summed E-state index contributed by atoms with van der Waals surface area (Å²) in [6.07, 6.45) is 3.91. The number of fused-ring (bicyclic) bond motifs is 3. The van der Waals surface area contributed by atoms with Crippen molar-refractivity contribution in [3.8, 4) is 11.5 Å². The average molecular weight is 647 g/mol. The van der Waals surface area contributed by atoms with E-state index in [1.165, 1.54) is 11.3 Å². The van der Waals surface area contributed by atoms with Crippen LogP contribution in [-0.2, 0) is 16.1 Å². The molecule has 0 bridgehead atoms. The monoisotopic (exact) mass is 645 g/mol. The second-order valence-electron chi connectivity index (χ2n) is 10.4. The Morgan fingerprint density at radius 2 is 1.91 bits per heavy atom. The fourth-order valence-corrected chi connectivity index (χ4v) is 7.05. The van der Waals surface area contributed by atoms with Crippen LogP contribution in [0.5, 0.6) is 11.5 Å². The molecule has 0 saturated heterocycles. The van der Waals surface area contributed by atoms with Crippen molar-refractivity contribution in [2.45, 2.75) is 26.4 Å². The van der Waals surface area contributed by atoms with E-state index < -0.39 is 12.0 Å². The van der Waals surface area contributed by atoms with Gasteiger partial charge in [-0.2, -0.15) is 0 Å². The predicted octanol–water partition coefficient (Wildman–Crippen LogP) is 5.84. The molecular formula is C33H25Cl2N3O5S. The lowest BCUT2D eigenvalue weighted by Crippen LogP contribution is -2.39. The van der Waals surface area contributed by atoms with Crippen molar-refractivity contribution in [1.29, 1.82) is 0 Å². The number of halogens is 2. The van der Waals surface area contributed by atoms with Gasteiger partial charge in [-0.3, -0.25) is 9.36 Å². The van der Waals surface area contributed by atoms with Crippen LogP contribution in [0.4, 0.5) is 0 Å². The Balaban J connectivity index is 1.37. The third kappa shape index (κ3) is 4.91. The molecule has 2 aliphatic heterocycles. The summed E-state index contributed by atoms with van der Waals surface area (Å²) in [5.74, 6) is 0.644. The zero-order valence-electron chi connectivity index (χ0n) is 23.7. The van der Waals surface area contributed by atoms with E-state index in [4.69, 9.17) is 42.4 Å². The molecule has 4 heterocycles. The Morgan fingerprint density at radius 3 is 2.73 bits per heavy atom. The lowest BCUT2D eigenvalue weighted by molar-refractivity contribution is -0.139. The van der Waals surface area contributed by atoms with Crippen molar-refractivity contribution in [2.75, 3.05) is 13.4 Å². The normalized spacial score (nSPS) is 15.9. The van der Waals surface area contributed by atoms with Crippen molar-refractivity contribution in [1.82, 2.24) is 9.13 Å². The number of thiazole rings is 1. The fraction of sp³-hybridized carbons (Fsp3) is 0.182. The summed E-state index contributed by atoms with van der Waals surface area (Å²) < 4.78 is 20.7. The Kier molecular flexibility index (Phi) is 7.32. The molecule has 2 aliphatic rings. The minimum atomic E-state index is -0.752. The van der Waals surface area contributed by atoms with Crippen molar-refractivity contribution in [3.63, 3.8) is 0 Å². The van der Waals surface area contributed by atoms with Crippen LogP contribution in [0.2, 0.25) is 10.0 Å². The van der Waals surface area contributed by atoms with Gasteiger partial charge >= 0.3 is 5.97 Å². The first kappa shape index (κ1) is 28.5. The molecular weight excluding hydrogens is 621 g/mol. The molecule has 0 saturated carbocycles. The highest BCUT2D eigenvalue weighted by Gasteiger charge is 2.34. The van der Waals surface area contributed by atoms with E-state index in [1.807, 2.05) is 54.7 Å². The molecule has 5 aromatic rings. The molecule has 7 rings (SSSR count). The molecule has 2 aromatic heterocycles. The van der Waals surface area contributed by atoms with Gasteiger partial charge in [0.15, 0.2) is 16.3 Å². The van der Waals surface area contributed by atoms with Crippen molar-refractivity contribution >= 4 is 57.5 Å². The zero-order valence-corrected chi connectivity index (χ0v) is 26.0. The van der Waals surface area contributed by atoms with Gasteiger partial charge in [-0.15, -0.1) is 0 Å². The van der Waals surface area contributed by atoms with Gasteiger partial charge in [0.1, 0.15) is 0 Å². The van der Waals surface area contributed by atoms with E-state index in [2.05, 4.69) is 4.57 Å². The summed E-state index contributed by atoms with van der Waals surface area (Å²) in [5, 5.41) is 2.00. The van der Waals surface area contributed by atoms with Crippen LogP contribution in [0.3, 0.4) is 0 Å². The van der Waals surface area contributed by atoms with Gasteiger partial charge in [0.2, 0.25) is 6.79 Å². The molecule has 0 N–H and O–H groups in total. The number of carbonyl (C=O) groups excluding carboxylic acids is 1. The summed E-state index contributed by atoms with van der Waals surface area (Å²) in [4.78, 5) is 32.6. The smallest absolute Gasteiger partial charge is 0.338 e. The van der Waals surface area contributed by atoms with Crippen LogP contribution in [0.25, 0.3) is 17.0 Å². The van der Waals surface area contributed by atoms with Gasteiger partial charge in [-0.1, -0.05) is 64.9 Å². The topological polar surface area (TPSA) is 84.1 Å². The molecule has 0 radical (unpaired) electrons. The summed E-state index contributed by atoms with van der Waals surface area (Å²) in [7, 11) is 0. The van der Waals surface area contributed by atoms with Crippen LogP contribution >= 0.6 is 34.5 Å². The van der Waals surface area contributed by atoms with Crippen LogP contribution in [0.1, 0.15) is 36.6 Å². The van der Waals surface area contributed by atoms with Crippen molar-refractivity contribution < 1.29 is 19.0 Å². The van der Waals surface area contributed by atoms with Gasteiger partial charge in [0, 0.05) is 29.2 Å². The third-order valence-corrected chi connectivity index (χ3v) is 9.39. The standard InChI is InChI=1S/C33H25Cl2N3O5S/c1-3-41-32(40)29-18(2)36-33-38(30(29)20-9-11-26-27(13-20)43-17-42-26)31(39)28(44-33)14-21-16-37(25-7-5-4-6-22(21)25)15-19-8-10-23(34)24(35)12-19/h4-14,16,30H,3,15,17H2,1-2H3/b28-14+/t30-/m1/s1. The average Bonchev–Trinajstić information content (AvgIpc) is 3.70. The Hall–Kier alpha value is -4.31. The first-order valence-corrected chi connectivity index (χ1v) is 15.5. The van der Waals surface area contributed by atoms with Gasteiger partial charge in [-0.25, -0.2) is 9.79 Å². The molecule has 8 nitrogen and oxygen atoms in total. The number of carbonyl (C=O) groups is 1. The van der Waals surface area contributed by atoms with Crippen molar-refractivity contribution in [3.05, 3.63) is 125 Å². The summed E-state index contributed by atoms with van der Waals surface area (Å²) in [6, 6.07) is 18.3. The first-order valence-electron chi connectivity index (χ1n) is 13.9. The van der Waals surface area contributed by atoms with E-state index in [1.54, 1.807) is 36.6 Å². The van der Waals surface area contributed by atoms with Crippen LogP contribution < -0.4 is 24.4 Å². The van der Waals surface area contributed by atoms with Crippen LogP contribution in [-0.4, -0.2) is 28.5 Å². The molecule has 11 heteroatoms. The molecule has 222 valence electrons. The number of aromatic nitrogens is 2. The number of hydrogen-bond donors (Lipinski definition) is 0. The van der Waals surface area contributed by atoms with Gasteiger partial charge in [0.25, 0.3) is 5.56 Å². The molecule has 1 atom stereocenters. The van der Waals surface area contributed by atoms with Crippen LogP contribution in [0, 0.1) is 0 Å². The summed E-state index contributed by atoms with van der Waals surface area (Å²) >= 11 is 13.7. The number of hydrogen-bond acceptors (Lipinski definition) is 7. The summed E-state index contributed by atoms with van der Waals surface area (Å²) in [5.41, 5.74) is 4.13. The van der Waals surface area contributed by atoms with E-state index >= 15 is 0 Å². The highest BCUT2D eigenvalue weighted by Crippen LogP contribution is 2.38. The second-order valence-corrected chi connectivity index (χ2v) is 12.2. The fourth-order valence-electron chi connectivity index (χ4n) is 5.69. The van der Waals surface area contributed by atoms with Crippen molar-refractivity contribution in [2.24, 2.45) is 4.99 Å². The molecule has 3 aromatic carbocycles. The Labute approximate surface area is 265 Å². The Bertz CT molecular complexity index is 2200. The Morgan fingerprint density at radius 1 is 1.09 bits per heavy atom. The van der Waals surface area contributed by atoms with Gasteiger partial charge in [0.05, 0.1) is 38.5 Å². The maximum absolute atomic E-state index is 14.2.